The van der Waals surface area contributed by atoms with Crippen molar-refractivity contribution in [2.45, 2.75) is 32.1 Å². The third-order valence-electron chi connectivity index (χ3n) is 3.40. The van der Waals surface area contributed by atoms with Gasteiger partial charge in [0, 0.05) is 8.95 Å². The number of aryl methyl sites for hydroxylation is 1. The number of benzene rings is 1. The lowest BCUT2D eigenvalue weighted by Gasteiger charge is -2.20. The maximum absolute atomic E-state index is 6.57. The molecule has 0 N–H and O–H groups in total. The van der Waals surface area contributed by atoms with E-state index in [-0.39, 0.29) is 5.38 Å². The highest BCUT2D eigenvalue weighted by Crippen LogP contribution is 2.47. The first-order chi connectivity index (χ1) is 7.50. The van der Waals surface area contributed by atoms with Crippen molar-refractivity contribution in [3.8, 4) is 0 Å². The van der Waals surface area contributed by atoms with Crippen molar-refractivity contribution >= 4 is 43.5 Å². The van der Waals surface area contributed by atoms with Crippen molar-refractivity contribution in [2.24, 2.45) is 11.8 Å². The molecular weight excluding hydrogens is 351 g/mol. The molecule has 0 aliphatic heterocycles. The van der Waals surface area contributed by atoms with Gasteiger partial charge >= 0.3 is 0 Å². The molecule has 0 spiro atoms. The van der Waals surface area contributed by atoms with E-state index in [1.165, 1.54) is 24.0 Å². The van der Waals surface area contributed by atoms with Crippen molar-refractivity contribution in [3.63, 3.8) is 0 Å². The summed E-state index contributed by atoms with van der Waals surface area (Å²) >= 11 is 13.8. The molecule has 0 amide bonds. The van der Waals surface area contributed by atoms with Crippen LogP contribution in [0.2, 0.25) is 0 Å². The molecule has 1 fully saturated rings. The molecule has 3 heteroatoms. The number of hydrogen-bond donors (Lipinski definition) is 0. The first-order valence-corrected chi connectivity index (χ1v) is 7.62. The van der Waals surface area contributed by atoms with E-state index in [4.69, 9.17) is 11.6 Å². The zero-order valence-corrected chi connectivity index (χ0v) is 13.4. The highest BCUT2D eigenvalue weighted by atomic mass is 79.9. The Hall–Kier alpha value is 0.470. The quantitative estimate of drug-likeness (QED) is 0.589. The van der Waals surface area contributed by atoms with Gasteiger partial charge < -0.3 is 0 Å². The molecule has 16 heavy (non-hydrogen) atoms. The second kappa shape index (κ2) is 4.99. The van der Waals surface area contributed by atoms with Crippen LogP contribution in [0.4, 0.5) is 0 Å². The SMILES string of the molecule is Cc1cc(Br)c(C(Cl)C(C)C2CC2)cc1Br. The Kier molecular flexibility index (Phi) is 4.03. The predicted molar refractivity (Wildman–Crippen MR) is 77.1 cm³/mol. The van der Waals surface area contributed by atoms with Gasteiger partial charge in [0.2, 0.25) is 0 Å². The Bertz CT molecular complexity index is 399. The predicted octanol–water partition coefficient (Wildman–Crippen LogP) is 5.85. The summed E-state index contributed by atoms with van der Waals surface area (Å²) in [6.07, 6.45) is 2.68. The fourth-order valence-corrected chi connectivity index (χ4v) is 3.60. The average Bonchev–Trinajstić information content (AvgIpc) is 3.05. The Balaban J connectivity index is 2.28. The summed E-state index contributed by atoms with van der Waals surface area (Å²) in [5, 5.41) is 0.110. The normalized spacial score (nSPS) is 19.6. The van der Waals surface area contributed by atoms with E-state index in [2.05, 4.69) is 57.8 Å². The Labute approximate surface area is 119 Å². The summed E-state index contributed by atoms with van der Waals surface area (Å²) in [6.45, 7) is 4.35. The van der Waals surface area contributed by atoms with Gasteiger partial charge in [-0.05, 0) is 54.9 Å². The lowest BCUT2D eigenvalue weighted by atomic mass is 9.95. The minimum Gasteiger partial charge on any atom is -0.117 e. The van der Waals surface area contributed by atoms with E-state index < -0.39 is 0 Å². The van der Waals surface area contributed by atoms with Crippen LogP contribution in [0, 0.1) is 18.8 Å². The number of alkyl halides is 1. The molecule has 0 heterocycles. The fourth-order valence-electron chi connectivity index (χ4n) is 2.02. The minimum absolute atomic E-state index is 0.110. The van der Waals surface area contributed by atoms with Crippen LogP contribution >= 0.6 is 43.5 Å². The molecular formula is C13H15Br2Cl. The van der Waals surface area contributed by atoms with Gasteiger partial charge in [0.25, 0.3) is 0 Å². The van der Waals surface area contributed by atoms with Crippen LogP contribution in [0.1, 0.15) is 36.3 Å². The number of halogens is 3. The number of rotatable bonds is 3. The Morgan fingerprint density at radius 1 is 1.25 bits per heavy atom. The molecule has 2 atom stereocenters. The zero-order chi connectivity index (χ0) is 11.9. The van der Waals surface area contributed by atoms with E-state index in [1.54, 1.807) is 0 Å². The summed E-state index contributed by atoms with van der Waals surface area (Å²) in [6, 6.07) is 4.28. The largest absolute Gasteiger partial charge is 0.117 e. The fraction of sp³-hybridized carbons (Fsp3) is 0.538. The Morgan fingerprint density at radius 3 is 2.44 bits per heavy atom. The maximum Gasteiger partial charge on any atom is 0.0624 e. The highest BCUT2D eigenvalue weighted by Gasteiger charge is 2.33. The zero-order valence-electron chi connectivity index (χ0n) is 9.43. The minimum atomic E-state index is 0.110. The molecule has 0 nitrogen and oxygen atoms in total. The van der Waals surface area contributed by atoms with Gasteiger partial charge in [-0.25, -0.2) is 0 Å². The highest BCUT2D eigenvalue weighted by molar-refractivity contribution is 9.11. The van der Waals surface area contributed by atoms with Crippen molar-refractivity contribution in [3.05, 3.63) is 32.2 Å². The van der Waals surface area contributed by atoms with E-state index in [1.807, 2.05) is 0 Å². The summed E-state index contributed by atoms with van der Waals surface area (Å²) in [5.41, 5.74) is 2.44. The van der Waals surface area contributed by atoms with E-state index >= 15 is 0 Å². The molecule has 88 valence electrons. The second-order valence-electron chi connectivity index (χ2n) is 4.72. The van der Waals surface area contributed by atoms with Gasteiger partial charge in [-0.15, -0.1) is 11.6 Å². The molecule has 0 saturated heterocycles. The molecule has 1 aliphatic rings. The van der Waals surface area contributed by atoms with Crippen LogP contribution in [0.25, 0.3) is 0 Å². The van der Waals surface area contributed by atoms with Crippen LogP contribution in [0.15, 0.2) is 21.1 Å². The van der Waals surface area contributed by atoms with Gasteiger partial charge in [-0.1, -0.05) is 38.8 Å². The first kappa shape index (κ1) is 12.9. The van der Waals surface area contributed by atoms with Gasteiger partial charge in [0.15, 0.2) is 0 Å². The van der Waals surface area contributed by atoms with Gasteiger partial charge in [0.05, 0.1) is 5.38 Å². The molecule has 1 aromatic rings. The van der Waals surface area contributed by atoms with Gasteiger partial charge in [-0.3, -0.25) is 0 Å². The molecule has 1 aromatic carbocycles. The molecule has 0 aromatic heterocycles. The van der Waals surface area contributed by atoms with E-state index in [0.717, 1.165) is 14.9 Å². The second-order valence-corrected chi connectivity index (χ2v) is 6.90. The molecule has 2 unspecified atom stereocenters. The standard InChI is InChI=1S/C13H15Br2Cl/c1-7-5-12(15)10(6-11(7)14)13(16)8(2)9-3-4-9/h5-6,8-9,13H,3-4H2,1-2H3. The molecule has 0 radical (unpaired) electrons. The first-order valence-electron chi connectivity index (χ1n) is 5.60. The van der Waals surface area contributed by atoms with Crippen molar-refractivity contribution in [1.29, 1.82) is 0 Å². The van der Waals surface area contributed by atoms with Crippen molar-refractivity contribution < 1.29 is 0 Å². The van der Waals surface area contributed by atoms with E-state index in [0.29, 0.717) is 5.92 Å². The lowest BCUT2D eigenvalue weighted by Crippen LogP contribution is -2.07. The van der Waals surface area contributed by atoms with Crippen LogP contribution in [0.3, 0.4) is 0 Å². The number of hydrogen-bond acceptors (Lipinski definition) is 0. The average molecular weight is 367 g/mol. The lowest BCUT2D eigenvalue weighted by molar-refractivity contribution is 0.490. The third kappa shape index (κ3) is 2.65. The van der Waals surface area contributed by atoms with Crippen LogP contribution in [0.5, 0.6) is 0 Å². The smallest absolute Gasteiger partial charge is 0.0624 e. The van der Waals surface area contributed by atoms with Crippen molar-refractivity contribution in [2.75, 3.05) is 0 Å². The molecule has 1 saturated carbocycles. The Morgan fingerprint density at radius 2 is 1.88 bits per heavy atom. The summed E-state index contributed by atoms with van der Waals surface area (Å²) in [4.78, 5) is 0. The third-order valence-corrected chi connectivity index (χ3v) is 5.58. The van der Waals surface area contributed by atoms with Crippen LogP contribution in [-0.4, -0.2) is 0 Å². The van der Waals surface area contributed by atoms with Gasteiger partial charge in [-0.2, -0.15) is 0 Å². The summed E-state index contributed by atoms with van der Waals surface area (Å²) < 4.78 is 2.26. The topological polar surface area (TPSA) is 0 Å². The molecule has 2 rings (SSSR count). The molecule has 0 bridgehead atoms. The summed E-state index contributed by atoms with van der Waals surface area (Å²) in [7, 11) is 0. The van der Waals surface area contributed by atoms with Crippen LogP contribution < -0.4 is 0 Å². The van der Waals surface area contributed by atoms with Gasteiger partial charge in [0.1, 0.15) is 0 Å². The maximum atomic E-state index is 6.57. The monoisotopic (exact) mass is 364 g/mol. The van der Waals surface area contributed by atoms with Crippen molar-refractivity contribution in [1.82, 2.24) is 0 Å². The summed E-state index contributed by atoms with van der Waals surface area (Å²) in [5.74, 6) is 1.39. The van der Waals surface area contributed by atoms with E-state index in [9.17, 15) is 0 Å². The van der Waals surface area contributed by atoms with Crippen LogP contribution in [-0.2, 0) is 0 Å². The molecule has 1 aliphatic carbocycles.